The van der Waals surface area contributed by atoms with E-state index in [9.17, 15) is 4.79 Å². The van der Waals surface area contributed by atoms with E-state index in [0.29, 0.717) is 12.1 Å². The van der Waals surface area contributed by atoms with Crippen molar-refractivity contribution in [1.82, 2.24) is 10.2 Å². The molecule has 0 bridgehead atoms. The number of rotatable bonds is 1. The third-order valence-corrected chi connectivity index (χ3v) is 4.71. The summed E-state index contributed by atoms with van der Waals surface area (Å²) in [5.41, 5.74) is 0.792. The summed E-state index contributed by atoms with van der Waals surface area (Å²) in [4.78, 5) is 14.8. The Morgan fingerprint density at radius 2 is 2.16 bits per heavy atom. The highest BCUT2D eigenvalue weighted by atomic mass is 79.9. The van der Waals surface area contributed by atoms with Crippen LogP contribution < -0.4 is 5.32 Å². The monoisotopic (exact) mass is 322 g/mol. The molecule has 1 aliphatic heterocycles. The van der Waals surface area contributed by atoms with Crippen molar-refractivity contribution < 1.29 is 4.79 Å². The molecule has 19 heavy (non-hydrogen) atoms. The summed E-state index contributed by atoms with van der Waals surface area (Å²) >= 11 is 3.44. The molecule has 0 radical (unpaired) electrons. The Labute approximate surface area is 122 Å². The second-order valence-corrected chi connectivity index (χ2v) is 6.34. The van der Waals surface area contributed by atoms with E-state index in [2.05, 4.69) is 26.1 Å². The molecule has 1 saturated carbocycles. The van der Waals surface area contributed by atoms with Crippen molar-refractivity contribution in [3.05, 3.63) is 34.3 Å². The zero-order valence-corrected chi connectivity index (χ0v) is 12.5. The van der Waals surface area contributed by atoms with E-state index >= 15 is 0 Å². The SMILES string of the molecule is O=C(c1cccc(Br)c1)N1CCNC2CCCCC21. The number of benzene rings is 1. The smallest absolute Gasteiger partial charge is 0.254 e. The average molecular weight is 323 g/mol. The minimum atomic E-state index is 0.180. The second-order valence-electron chi connectivity index (χ2n) is 5.42. The minimum Gasteiger partial charge on any atom is -0.333 e. The fourth-order valence-corrected chi connectivity index (χ4v) is 3.70. The number of carbonyl (C=O) groups is 1. The number of nitrogens with one attached hydrogen (secondary N) is 1. The number of hydrogen-bond acceptors (Lipinski definition) is 2. The normalized spacial score (nSPS) is 26.9. The molecule has 102 valence electrons. The van der Waals surface area contributed by atoms with Crippen LogP contribution in [-0.2, 0) is 0 Å². The Morgan fingerprint density at radius 1 is 1.32 bits per heavy atom. The van der Waals surface area contributed by atoms with Gasteiger partial charge in [-0.1, -0.05) is 34.8 Å². The summed E-state index contributed by atoms with van der Waals surface area (Å²) in [7, 11) is 0. The summed E-state index contributed by atoms with van der Waals surface area (Å²) < 4.78 is 0.966. The lowest BCUT2D eigenvalue weighted by Crippen LogP contribution is -2.60. The molecule has 0 spiro atoms. The number of nitrogens with zero attached hydrogens (tertiary/aromatic N) is 1. The van der Waals surface area contributed by atoms with Gasteiger partial charge in [0.05, 0.1) is 0 Å². The predicted octanol–water partition coefficient (Wildman–Crippen LogP) is 2.81. The lowest BCUT2D eigenvalue weighted by atomic mass is 9.87. The summed E-state index contributed by atoms with van der Waals surface area (Å²) in [6, 6.07) is 8.60. The van der Waals surface area contributed by atoms with Crippen LogP contribution in [0.3, 0.4) is 0 Å². The molecule has 1 N–H and O–H groups in total. The Bertz CT molecular complexity index is 475. The van der Waals surface area contributed by atoms with Crippen LogP contribution in [0.5, 0.6) is 0 Å². The molecule has 1 aliphatic carbocycles. The molecule has 2 unspecified atom stereocenters. The molecule has 0 aromatic heterocycles. The zero-order valence-electron chi connectivity index (χ0n) is 10.9. The number of carbonyl (C=O) groups excluding carboxylic acids is 1. The maximum Gasteiger partial charge on any atom is 0.254 e. The van der Waals surface area contributed by atoms with Gasteiger partial charge in [0, 0.05) is 35.2 Å². The summed E-state index contributed by atoms with van der Waals surface area (Å²) in [6.45, 7) is 1.74. The van der Waals surface area contributed by atoms with Gasteiger partial charge in [0.15, 0.2) is 0 Å². The van der Waals surface area contributed by atoms with E-state index in [1.807, 2.05) is 24.3 Å². The van der Waals surface area contributed by atoms with Crippen LogP contribution in [0.2, 0.25) is 0 Å². The quantitative estimate of drug-likeness (QED) is 0.862. The van der Waals surface area contributed by atoms with Gasteiger partial charge in [0.25, 0.3) is 5.91 Å². The first-order valence-corrected chi connectivity index (χ1v) is 7.85. The van der Waals surface area contributed by atoms with E-state index in [1.165, 1.54) is 19.3 Å². The number of amides is 1. The van der Waals surface area contributed by atoms with Crippen molar-refractivity contribution in [1.29, 1.82) is 0 Å². The summed E-state index contributed by atoms with van der Waals surface area (Å²) in [5, 5.41) is 3.57. The lowest BCUT2D eigenvalue weighted by molar-refractivity contribution is 0.0489. The van der Waals surface area contributed by atoms with Crippen molar-refractivity contribution >= 4 is 21.8 Å². The third-order valence-electron chi connectivity index (χ3n) is 4.22. The number of hydrogen-bond donors (Lipinski definition) is 1. The number of fused-ring (bicyclic) bond motifs is 1. The van der Waals surface area contributed by atoms with Gasteiger partial charge in [0.1, 0.15) is 0 Å². The molecule has 3 nitrogen and oxygen atoms in total. The van der Waals surface area contributed by atoms with E-state index < -0.39 is 0 Å². The second kappa shape index (κ2) is 5.63. The Morgan fingerprint density at radius 3 is 3.00 bits per heavy atom. The summed E-state index contributed by atoms with van der Waals surface area (Å²) in [6.07, 6.45) is 4.86. The molecule has 1 heterocycles. The van der Waals surface area contributed by atoms with Gasteiger partial charge in [-0.05, 0) is 31.0 Å². The highest BCUT2D eigenvalue weighted by Gasteiger charge is 2.35. The Balaban J connectivity index is 1.82. The first kappa shape index (κ1) is 13.1. The van der Waals surface area contributed by atoms with Gasteiger partial charge in [-0.25, -0.2) is 0 Å². The van der Waals surface area contributed by atoms with Crippen LogP contribution in [0.4, 0.5) is 0 Å². The maximum absolute atomic E-state index is 12.7. The fourth-order valence-electron chi connectivity index (χ4n) is 3.30. The molecule has 2 fully saturated rings. The molecule has 1 saturated heterocycles. The predicted molar refractivity (Wildman–Crippen MR) is 79.2 cm³/mol. The third kappa shape index (κ3) is 2.70. The highest BCUT2D eigenvalue weighted by molar-refractivity contribution is 9.10. The van der Waals surface area contributed by atoms with Crippen LogP contribution >= 0.6 is 15.9 Å². The summed E-state index contributed by atoms with van der Waals surface area (Å²) in [5.74, 6) is 0.180. The van der Waals surface area contributed by atoms with E-state index in [-0.39, 0.29) is 5.91 Å². The van der Waals surface area contributed by atoms with Crippen LogP contribution in [0, 0.1) is 0 Å². The average Bonchev–Trinajstić information content (AvgIpc) is 2.46. The van der Waals surface area contributed by atoms with E-state index in [1.54, 1.807) is 0 Å². The largest absolute Gasteiger partial charge is 0.333 e. The van der Waals surface area contributed by atoms with Crippen LogP contribution in [0.25, 0.3) is 0 Å². The van der Waals surface area contributed by atoms with E-state index in [0.717, 1.165) is 29.5 Å². The molecule has 1 aromatic carbocycles. The zero-order chi connectivity index (χ0) is 13.2. The molecular weight excluding hydrogens is 304 g/mol. The van der Waals surface area contributed by atoms with Gasteiger partial charge in [-0.15, -0.1) is 0 Å². The first-order valence-electron chi connectivity index (χ1n) is 7.05. The first-order chi connectivity index (χ1) is 9.25. The topological polar surface area (TPSA) is 32.3 Å². The highest BCUT2D eigenvalue weighted by Crippen LogP contribution is 2.27. The van der Waals surface area contributed by atoms with Crippen molar-refractivity contribution in [2.24, 2.45) is 0 Å². The Kier molecular flexibility index (Phi) is 3.89. The molecule has 3 rings (SSSR count). The molecule has 2 atom stereocenters. The van der Waals surface area contributed by atoms with Crippen molar-refractivity contribution in [3.63, 3.8) is 0 Å². The fraction of sp³-hybridized carbons (Fsp3) is 0.533. The van der Waals surface area contributed by atoms with Gasteiger partial charge < -0.3 is 10.2 Å². The number of piperazine rings is 1. The molecule has 4 heteroatoms. The van der Waals surface area contributed by atoms with Gasteiger partial charge in [-0.2, -0.15) is 0 Å². The van der Waals surface area contributed by atoms with Crippen molar-refractivity contribution in [3.8, 4) is 0 Å². The molecule has 1 aromatic rings. The molecule has 1 amide bonds. The van der Waals surface area contributed by atoms with Gasteiger partial charge in [0.2, 0.25) is 0 Å². The maximum atomic E-state index is 12.7. The standard InChI is InChI=1S/C15H19BrN2O/c16-12-5-3-4-11(10-12)15(19)18-9-8-17-13-6-1-2-7-14(13)18/h3-5,10,13-14,17H,1-2,6-9H2. The molecular formula is C15H19BrN2O. The van der Waals surface area contributed by atoms with Crippen molar-refractivity contribution in [2.75, 3.05) is 13.1 Å². The molecule has 2 aliphatic rings. The van der Waals surface area contributed by atoms with E-state index in [4.69, 9.17) is 0 Å². The Hall–Kier alpha value is -0.870. The van der Waals surface area contributed by atoms with Gasteiger partial charge in [-0.3, -0.25) is 4.79 Å². The number of halogens is 1. The minimum absolute atomic E-state index is 0.180. The van der Waals surface area contributed by atoms with Crippen LogP contribution in [0.1, 0.15) is 36.0 Å². The lowest BCUT2D eigenvalue weighted by Gasteiger charge is -2.44. The van der Waals surface area contributed by atoms with Crippen LogP contribution in [-0.4, -0.2) is 36.0 Å². The van der Waals surface area contributed by atoms with Crippen molar-refractivity contribution in [2.45, 2.75) is 37.8 Å². The van der Waals surface area contributed by atoms with Gasteiger partial charge >= 0.3 is 0 Å². The van der Waals surface area contributed by atoms with Crippen LogP contribution in [0.15, 0.2) is 28.7 Å².